The zero-order valence-corrected chi connectivity index (χ0v) is 14.2. The maximum atomic E-state index is 12.2. The molecule has 1 aliphatic carbocycles. The van der Waals surface area contributed by atoms with Crippen molar-refractivity contribution in [3.05, 3.63) is 34.4 Å². The third-order valence-corrected chi connectivity index (χ3v) is 5.49. The molecule has 0 fully saturated rings. The summed E-state index contributed by atoms with van der Waals surface area (Å²) in [4.78, 5) is 18.2. The summed E-state index contributed by atoms with van der Waals surface area (Å²) >= 11 is 1.30. The smallest absolute Gasteiger partial charge is 0.350 e. The van der Waals surface area contributed by atoms with Crippen molar-refractivity contribution in [2.45, 2.75) is 32.6 Å². The van der Waals surface area contributed by atoms with Gasteiger partial charge in [-0.05, 0) is 55.9 Å². The number of hydrogen-bond donors (Lipinski definition) is 1. The first kappa shape index (κ1) is 15.2. The largest absolute Gasteiger partial charge is 0.463 e. The predicted molar refractivity (Wildman–Crippen MR) is 94.3 cm³/mol. The Hall–Kier alpha value is -2.34. The average molecular weight is 342 g/mol. The van der Waals surface area contributed by atoms with Gasteiger partial charge in [-0.15, -0.1) is 11.3 Å². The number of aryl methyl sites for hydroxylation is 1. The van der Waals surface area contributed by atoms with Crippen molar-refractivity contribution in [2.24, 2.45) is 0 Å². The van der Waals surface area contributed by atoms with Crippen molar-refractivity contribution in [3.63, 3.8) is 0 Å². The standard InChI is InChI=1S/C18H18N2O3S/c1-2-22-18(21)16-14(19)13-10-6-3-4-7-11(10)15(20-17(13)24-16)12-8-5-9-23-12/h5,8-9H,2-4,6-7,19H2,1H3. The van der Waals surface area contributed by atoms with Crippen LogP contribution in [0, 0.1) is 0 Å². The molecular weight excluding hydrogens is 324 g/mol. The molecule has 6 heteroatoms. The number of carbonyl (C=O) groups is 1. The van der Waals surface area contributed by atoms with Gasteiger partial charge in [0.25, 0.3) is 0 Å². The Labute approximate surface area is 143 Å². The normalized spacial score (nSPS) is 13.9. The average Bonchev–Trinajstić information content (AvgIpc) is 3.22. The van der Waals surface area contributed by atoms with Crippen LogP contribution in [0.2, 0.25) is 0 Å². The molecule has 3 heterocycles. The van der Waals surface area contributed by atoms with Crippen LogP contribution >= 0.6 is 11.3 Å². The molecule has 3 aromatic rings. The van der Waals surface area contributed by atoms with Gasteiger partial charge < -0.3 is 14.9 Å². The minimum Gasteiger partial charge on any atom is -0.463 e. The summed E-state index contributed by atoms with van der Waals surface area (Å²) in [5, 5.41) is 0.924. The highest BCUT2D eigenvalue weighted by molar-refractivity contribution is 7.21. The van der Waals surface area contributed by atoms with Crippen LogP contribution < -0.4 is 5.73 Å². The first-order chi connectivity index (χ1) is 11.7. The molecule has 124 valence electrons. The SMILES string of the molecule is CCOC(=O)c1sc2nc(-c3ccco3)c3c(c2c1N)CCCC3. The summed E-state index contributed by atoms with van der Waals surface area (Å²) in [6, 6.07) is 3.79. The number of furan rings is 1. The summed E-state index contributed by atoms with van der Waals surface area (Å²) in [7, 11) is 0. The topological polar surface area (TPSA) is 78.3 Å². The van der Waals surface area contributed by atoms with Gasteiger partial charge in [-0.1, -0.05) is 0 Å². The van der Waals surface area contributed by atoms with Crippen molar-refractivity contribution in [1.82, 2.24) is 4.98 Å². The lowest BCUT2D eigenvalue weighted by Gasteiger charge is -2.19. The molecule has 3 aromatic heterocycles. The van der Waals surface area contributed by atoms with E-state index in [2.05, 4.69) is 0 Å². The van der Waals surface area contributed by atoms with Gasteiger partial charge in [0.15, 0.2) is 5.76 Å². The molecule has 0 saturated heterocycles. The van der Waals surface area contributed by atoms with E-state index in [1.165, 1.54) is 22.5 Å². The number of thiophene rings is 1. The second-order valence-corrected chi connectivity index (χ2v) is 6.85. The van der Waals surface area contributed by atoms with E-state index < -0.39 is 0 Å². The number of rotatable bonds is 3. The molecule has 0 saturated carbocycles. The second kappa shape index (κ2) is 5.94. The number of nitrogens with zero attached hydrogens (tertiary/aromatic N) is 1. The van der Waals surface area contributed by atoms with Gasteiger partial charge in [-0.2, -0.15) is 0 Å². The zero-order valence-electron chi connectivity index (χ0n) is 13.4. The lowest BCUT2D eigenvalue weighted by molar-refractivity contribution is 0.0533. The van der Waals surface area contributed by atoms with E-state index in [1.807, 2.05) is 12.1 Å². The van der Waals surface area contributed by atoms with Crippen molar-refractivity contribution < 1.29 is 13.9 Å². The van der Waals surface area contributed by atoms with Gasteiger partial charge >= 0.3 is 5.97 Å². The van der Waals surface area contributed by atoms with Gasteiger partial charge in [0.2, 0.25) is 0 Å². The number of carbonyl (C=O) groups excluding carboxylic acids is 1. The van der Waals surface area contributed by atoms with Gasteiger partial charge in [-0.25, -0.2) is 9.78 Å². The van der Waals surface area contributed by atoms with Crippen LogP contribution in [0.4, 0.5) is 5.69 Å². The number of aromatic nitrogens is 1. The molecule has 0 aromatic carbocycles. The lowest BCUT2D eigenvalue weighted by Crippen LogP contribution is -2.08. The third kappa shape index (κ3) is 2.29. The fraction of sp³-hybridized carbons (Fsp3) is 0.333. The Bertz CT molecular complexity index is 912. The maximum Gasteiger partial charge on any atom is 0.350 e. The van der Waals surface area contributed by atoms with Crippen LogP contribution in [0.15, 0.2) is 22.8 Å². The molecule has 0 amide bonds. The molecule has 1 aliphatic rings. The molecule has 4 rings (SSSR count). The molecule has 0 unspecified atom stereocenters. The number of nitrogens with two attached hydrogens (primary N) is 1. The van der Waals surface area contributed by atoms with E-state index in [0.29, 0.717) is 17.2 Å². The molecule has 24 heavy (non-hydrogen) atoms. The summed E-state index contributed by atoms with van der Waals surface area (Å²) in [6.45, 7) is 2.12. The van der Waals surface area contributed by atoms with Crippen molar-refractivity contribution in [2.75, 3.05) is 12.3 Å². The number of pyridine rings is 1. The number of nitrogen functional groups attached to an aromatic ring is 1. The minimum absolute atomic E-state index is 0.329. The quantitative estimate of drug-likeness (QED) is 0.722. The second-order valence-electron chi connectivity index (χ2n) is 5.85. The molecule has 0 atom stereocenters. The number of esters is 1. The predicted octanol–water partition coefficient (Wildman–Crippen LogP) is 4.19. The van der Waals surface area contributed by atoms with E-state index >= 15 is 0 Å². The van der Waals surface area contributed by atoms with Gasteiger partial charge in [0, 0.05) is 5.39 Å². The highest BCUT2D eigenvalue weighted by Gasteiger charge is 2.26. The molecule has 5 nitrogen and oxygen atoms in total. The van der Waals surface area contributed by atoms with Gasteiger partial charge in [0.05, 0.1) is 18.6 Å². The van der Waals surface area contributed by atoms with E-state index in [0.717, 1.165) is 47.4 Å². The zero-order chi connectivity index (χ0) is 16.7. The molecule has 0 bridgehead atoms. The van der Waals surface area contributed by atoms with Gasteiger partial charge in [0.1, 0.15) is 15.4 Å². The Morgan fingerprint density at radius 2 is 2.17 bits per heavy atom. The lowest BCUT2D eigenvalue weighted by atomic mass is 9.88. The molecule has 0 aliphatic heterocycles. The Morgan fingerprint density at radius 3 is 2.88 bits per heavy atom. The minimum atomic E-state index is -0.373. The Balaban J connectivity index is 1.99. The third-order valence-electron chi connectivity index (χ3n) is 4.41. The van der Waals surface area contributed by atoms with E-state index in [-0.39, 0.29) is 5.97 Å². The van der Waals surface area contributed by atoms with Crippen LogP contribution in [0.3, 0.4) is 0 Å². The Kier molecular flexibility index (Phi) is 3.76. The molecular formula is C18H18N2O3S. The number of fused-ring (bicyclic) bond motifs is 3. The summed E-state index contributed by atoms with van der Waals surface area (Å²) in [5.74, 6) is 0.391. The van der Waals surface area contributed by atoms with E-state index in [4.69, 9.17) is 19.9 Å². The fourth-order valence-electron chi connectivity index (χ4n) is 3.38. The first-order valence-corrected chi connectivity index (χ1v) is 8.97. The highest BCUT2D eigenvalue weighted by Crippen LogP contribution is 2.42. The molecule has 0 spiro atoms. The highest BCUT2D eigenvalue weighted by atomic mass is 32.1. The van der Waals surface area contributed by atoms with Crippen molar-refractivity contribution in [3.8, 4) is 11.5 Å². The van der Waals surface area contributed by atoms with Crippen LogP contribution in [-0.4, -0.2) is 17.6 Å². The van der Waals surface area contributed by atoms with Crippen molar-refractivity contribution >= 4 is 33.2 Å². The van der Waals surface area contributed by atoms with Crippen LogP contribution in [-0.2, 0) is 17.6 Å². The van der Waals surface area contributed by atoms with Crippen LogP contribution in [0.5, 0.6) is 0 Å². The Morgan fingerprint density at radius 1 is 1.38 bits per heavy atom. The fourth-order valence-corrected chi connectivity index (χ4v) is 4.40. The van der Waals surface area contributed by atoms with Crippen molar-refractivity contribution in [1.29, 1.82) is 0 Å². The summed E-state index contributed by atoms with van der Waals surface area (Å²) in [6.07, 6.45) is 5.81. The monoisotopic (exact) mass is 342 g/mol. The molecule has 0 radical (unpaired) electrons. The number of hydrogen-bond acceptors (Lipinski definition) is 6. The maximum absolute atomic E-state index is 12.2. The van der Waals surface area contributed by atoms with Gasteiger partial charge in [-0.3, -0.25) is 0 Å². The van der Waals surface area contributed by atoms with Crippen LogP contribution in [0.25, 0.3) is 21.7 Å². The van der Waals surface area contributed by atoms with E-state index in [1.54, 1.807) is 13.2 Å². The van der Waals surface area contributed by atoms with E-state index in [9.17, 15) is 4.79 Å². The first-order valence-electron chi connectivity index (χ1n) is 8.15. The molecule has 2 N–H and O–H groups in total. The number of anilines is 1. The van der Waals surface area contributed by atoms with Crippen LogP contribution in [0.1, 0.15) is 40.6 Å². The number of ether oxygens (including phenoxy) is 1. The summed E-state index contributed by atoms with van der Waals surface area (Å²) in [5.41, 5.74) is 10.1. The summed E-state index contributed by atoms with van der Waals surface area (Å²) < 4.78 is 10.7.